The molecule has 0 bridgehead atoms. The van der Waals surface area contributed by atoms with Gasteiger partial charge in [-0.15, -0.1) is 0 Å². The normalized spacial score (nSPS) is 11.8. The fourth-order valence-electron chi connectivity index (χ4n) is 5.57. The Hall–Kier alpha value is -4.82. The average Bonchev–Trinajstić information content (AvgIpc) is 3.02. The predicted molar refractivity (Wildman–Crippen MR) is 172 cm³/mol. The van der Waals surface area contributed by atoms with Crippen molar-refractivity contribution in [1.82, 2.24) is 9.97 Å². The molecule has 0 aliphatic carbocycles. The molecule has 6 aromatic rings. The molecule has 0 N–H and O–H groups in total. The van der Waals surface area contributed by atoms with Crippen molar-refractivity contribution in [3.8, 4) is 33.4 Å². The van der Waals surface area contributed by atoms with Crippen LogP contribution in [0.15, 0.2) is 116 Å². The van der Waals surface area contributed by atoms with Gasteiger partial charge < -0.3 is 0 Å². The molecule has 5 aromatic carbocycles. The van der Waals surface area contributed by atoms with Gasteiger partial charge in [0.05, 0.1) is 11.0 Å². The van der Waals surface area contributed by atoms with Crippen molar-refractivity contribution in [3.63, 3.8) is 0 Å². The Morgan fingerprint density at radius 1 is 0.525 bits per heavy atom. The largest absolute Gasteiger partial charge is 0.252 e. The molecule has 1 aromatic heterocycles. The van der Waals surface area contributed by atoms with Crippen molar-refractivity contribution in [2.24, 2.45) is 0 Å². The van der Waals surface area contributed by atoms with Crippen LogP contribution in [0.4, 0.5) is 0 Å². The second-order valence-electron chi connectivity index (χ2n) is 10.1. The van der Waals surface area contributed by atoms with Crippen molar-refractivity contribution >= 4 is 34.0 Å². The molecule has 0 aliphatic heterocycles. The summed E-state index contributed by atoms with van der Waals surface area (Å²) in [6.07, 6.45) is 13.1. The van der Waals surface area contributed by atoms with E-state index in [2.05, 4.69) is 129 Å². The van der Waals surface area contributed by atoms with Gasteiger partial charge in [0.2, 0.25) is 0 Å². The van der Waals surface area contributed by atoms with Crippen LogP contribution in [0.2, 0.25) is 0 Å². The van der Waals surface area contributed by atoms with E-state index in [-0.39, 0.29) is 0 Å². The molecular formula is C38H32N2. The summed E-state index contributed by atoms with van der Waals surface area (Å²) in [5.41, 5.74) is 12.7. The molecule has 0 saturated heterocycles. The van der Waals surface area contributed by atoms with E-state index in [9.17, 15) is 0 Å². The summed E-state index contributed by atoms with van der Waals surface area (Å²) >= 11 is 0. The Kier molecular flexibility index (Phi) is 7.08. The highest BCUT2D eigenvalue weighted by Gasteiger charge is 2.15. The predicted octanol–water partition coefficient (Wildman–Crippen LogP) is 10.4. The van der Waals surface area contributed by atoms with Crippen molar-refractivity contribution in [3.05, 3.63) is 132 Å². The minimum Gasteiger partial charge on any atom is -0.252 e. The SMILES string of the molecule is C/C=C\c1c(/C=C\C)c2nccnc2c2ccc(-c3cc(-c4ccccc4)cc(-c4cccc(CC)c4)c3)cc12. The van der Waals surface area contributed by atoms with E-state index >= 15 is 0 Å². The maximum Gasteiger partial charge on any atom is 0.0971 e. The molecule has 40 heavy (non-hydrogen) atoms. The van der Waals surface area contributed by atoms with Gasteiger partial charge in [0, 0.05) is 23.3 Å². The highest BCUT2D eigenvalue weighted by Crippen LogP contribution is 2.38. The zero-order valence-electron chi connectivity index (χ0n) is 23.2. The van der Waals surface area contributed by atoms with Crippen LogP contribution in [-0.2, 0) is 6.42 Å². The van der Waals surface area contributed by atoms with Crippen molar-refractivity contribution in [1.29, 1.82) is 0 Å². The van der Waals surface area contributed by atoms with E-state index in [1.54, 1.807) is 12.4 Å². The molecule has 2 heteroatoms. The fraction of sp³-hybridized carbons (Fsp3) is 0.105. The third kappa shape index (κ3) is 4.74. The van der Waals surface area contributed by atoms with Crippen molar-refractivity contribution in [2.75, 3.05) is 0 Å². The summed E-state index contributed by atoms with van der Waals surface area (Å²) in [6, 6.07) is 33.2. The molecule has 6 rings (SSSR count). The molecule has 2 nitrogen and oxygen atoms in total. The molecule has 194 valence electrons. The zero-order valence-corrected chi connectivity index (χ0v) is 23.2. The van der Waals surface area contributed by atoms with Crippen LogP contribution in [0.5, 0.6) is 0 Å². The number of allylic oxidation sites excluding steroid dienone is 2. The second-order valence-corrected chi connectivity index (χ2v) is 10.1. The van der Waals surface area contributed by atoms with Gasteiger partial charge in [0.25, 0.3) is 0 Å². The van der Waals surface area contributed by atoms with Crippen LogP contribution in [0.1, 0.15) is 37.5 Å². The number of hydrogen-bond acceptors (Lipinski definition) is 2. The molecule has 0 unspecified atom stereocenters. The first-order chi connectivity index (χ1) is 19.7. The lowest BCUT2D eigenvalue weighted by Gasteiger charge is -2.15. The monoisotopic (exact) mass is 516 g/mol. The highest BCUT2D eigenvalue weighted by atomic mass is 14.8. The number of hydrogen-bond donors (Lipinski definition) is 0. The quantitative estimate of drug-likeness (QED) is 0.206. The first-order valence-electron chi connectivity index (χ1n) is 14.0. The van der Waals surface area contributed by atoms with Gasteiger partial charge in [-0.25, -0.2) is 0 Å². The number of rotatable bonds is 6. The lowest BCUT2D eigenvalue weighted by Crippen LogP contribution is -1.94. The van der Waals surface area contributed by atoms with Gasteiger partial charge in [-0.2, -0.15) is 0 Å². The first-order valence-corrected chi connectivity index (χ1v) is 14.0. The topological polar surface area (TPSA) is 25.8 Å². The number of aromatic nitrogens is 2. The fourth-order valence-corrected chi connectivity index (χ4v) is 5.57. The second kappa shape index (κ2) is 11.1. The summed E-state index contributed by atoms with van der Waals surface area (Å²) in [6.45, 7) is 6.32. The Morgan fingerprint density at radius 3 is 1.85 bits per heavy atom. The number of benzene rings is 5. The number of fused-ring (bicyclic) bond motifs is 3. The maximum absolute atomic E-state index is 4.76. The summed E-state index contributed by atoms with van der Waals surface area (Å²) in [5.74, 6) is 0. The van der Waals surface area contributed by atoms with Crippen LogP contribution in [0, 0.1) is 0 Å². The molecule has 0 fully saturated rings. The highest BCUT2D eigenvalue weighted by molar-refractivity contribution is 6.12. The molecule has 0 aliphatic rings. The van der Waals surface area contributed by atoms with Gasteiger partial charge in [0.15, 0.2) is 0 Å². The third-order valence-corrected chi connectivity index (χ3v) is 7.52. The lowest BCUT2D eigenvalue weighted by molar-refractivity contribution is 1.14. The van der Waals surface area contributed by atoms with E-state index in [4.69, 9.17) is 9.97 Å². The lowest BCUT2D eigenvalue weighted by atomic mass is 9.90. The summed E-state index contributed by atoms with van der Waals surface area (Å²) < 4.78 is 0. The number of nitrogens with zero attached hydrogens (tertiary/aromatic N) is 2. The van der Waals surface area contributed by atoms with Crippen molar-refractivity contribution in [2.45, 2.75) is 27.2 Å². The van der Waals surface area contributed by atoms with Crippen LogP contribution in [0.25, 0.3) is 67.3 Å². The molecule has 0 spiro atoms. The van der Waals surface area contributed by atoms with E-state index in [1.807, 2.05) is 6.92 Å². The van der Waals surface area contributed by atoms with E-state index < -0.39 is 0 Å². The van der Waals surface area contributed by atoms with E-state index in [1.165, 1.54) is 49.9 Å². The van der Waals surface area contributed by atoms with Gasteiger partial charge in [-0.3, -0.25) is 9.97 Å². The smallest absolute Gasteiger partial charge is 0.0971 e. The Labute approximate surface area is 236 Å². The summed E-state index contributed by atoms with van der Waals surface area (Å²) in [4.78, 5) is 9.49. The standard InChI is InChI=1S/C38H32N2/c1-4-11-33-34(12-5-2)37-38(40-20-19-39-37)35-18-17-29(25-36(33)35)32-23-30(27-14-8-7-9-15-27)22-31(24-32)28-16-10-13-26(6-3)21-28/h4-5,7-25H,6H2,1-3H3/b11-4-,12-5-. The summed E-state index contributed by atoms with van der Waals surface area (Å²) in [5, 5.41) is 2.29. The van der Waals surface area contributed by atoms with Crippen LogP contribution < -0.4 is 0 Å². The zero-order chi connectivity index (χ0) is 27.5. The molecule has 0 radical (unpaired) electrons. The Bertz CT molecular complexity index is 1900. The first kappa shape index (κ1) is 25.5. The maximum atomic E-state index is 4.76. The Morgan fingerprint density at radius 2 is 1.15 bits per heavy atom. The third-order valence-electron chi connectivity index (χ3n) is 7.52. The van der Waals surface area contributed by atoms with Crippen LogP contribution in [-0.4, -0.2) is 9.97 Å². The average molecular weight is 517 g/mol. The van der Waals surface area contributed by atoms with E-state index in [0.29, 0.717) is 0 Å². The minimum atomic E-state index is 0.929. The molecule has 0 atom stereocenters. The van der Waals surface area contributed by atoms with Crippen molar-refractivity contribution < 1.29 is 0 Å². The Balaban J connectivity index is 1.63. The number of aryl methyl sites for hydroxylation is 1. The molecule has 0 saturated carbocycles. The van der Waals surface area contributed by atoms with Crippen LogP contribution in [0.3, 0.4) is 0 Å². The molecular weight excluding hydrogens is 484 g/mol. The minimum absolute atomic E-state index is 0.929. The van der Waals surface area contributed by atoms with Crippen LogP contribution >= 0.6 is 0 Å². The van der Waals surface area contributed by atoms with Gasteiger partial charge in [-0.1, -0.05) is 98.0 Å². The van der Waals surface area contributed by atoms with Gasteiger partial charge >= 0.3 is 0 Å². The van der Waals surface area contributed by atoms with E-state index in [0.717, 1.165) is 28.4 Å². The van der Waals surface area contributed by atoms with Gasteiger partial charge in [-0.05, 0) is 94.4 Å². The molecule has 1 heterocycles. The molecule has 0 amide bonds. The van der Waals surface area contributed by atoms with Gasteiger partial charge in [0.1, 0.15) is 0 Å². The summed E-state index contributed by atoms with van der Waals surface area (Å²) in [7, 11) is 0.